The monoisotopic (exact) mass is 236 g/mol. The summed E-state index contributed by atoms with van der Waals surface area (Å²) in [5, 5.41) is 3.54. The molecule has 2 atom stereocenters. The summed E-state index contributed by atoms with van der Waals surface area (Å²) in [5.41, 5.74) is 1.87. The van der Waals surface area contributed by atoms with Crippen molar-refractivity contribution in [1.29, 1.82) is 0 Å². The van der Waals surface area contributed by atoms with Crippen LogP contribution in [0.2, 0.25) is 0 Å². The SMILES string of the molecule is CC(Cn1ccnc1)NC(C)c1cncs1. The van der Waals surface area contributed by atoms with E-state index in [1.54, 1.807) is 17.5 Å². The zero-order chi connectivity index (χ0) is 11.4. The molecule has 0 aliphatic rings. The quantitative estimate of drug-likeness (QED) is 0.864. The Morgan fingerprint density at radius 2 is 2.31 bits per heavy atom. The lowest BCUT2D eigenvalue weighted by Gasteiger charge is -2.19. The van der Waals surface area contributed by atoms with Crippen molar-refractivity contribution in [2.75, 3.05) is 0 Å². The molecule has 5 heteroatoms. The Hall–Kier alpha value is -1.20. The van der Waals surface area contributed by atoms with Crippen LogP contribution < -0.4 is 5.32 Å². The lowest BCUT2D eigenvalue weighted by Crippen LogP contribution is -2.32. The first-order valence-corrected chi connectivity index (χ1v) is 6.24. The van der Waals surface area contributed by atoms with E-state index in [4.69, 9.17) is 0 Å². The summed E-state index contributed by atoms with van der Waals surface area (Å²) in [7, 11) is 0. The van der Waals surface area contributed by atoms with Gasteiger partial charge in [-0.05, 0) is 13.8 Å². The van der Waals surface area contributed by atoms with Crippen LogP contribution in [0.5, 0.6) is 0 Å². The summed E-state index contributed by atoms with van der Waals surface area (Å²) < 4.78 is 2.08. The molecule has 0 fully saturated rings. The van der Waals surface area contributed by atoms with E-state index >= 15 is 0 Å². The highest BCUT2D eigenvalue weighted by Gasteiger charge is 2.10. The van der Waals surface area contributed by atoms with E-state index in [0.717, 1.165) is 6.54 Å². The molecule has 0 radical (unpaired) electrons. The van der Waals surface area contributed by atoms with Crippen molar-refractivity contribution in [3.63, 3.8) is 0 Å². The number of aromatic nitrogens is 3. The number of hydrogen-bond acceptors (Lipinski definition) is 4. The van der Waals surface area contributed by atoms with Gasteiger partial charge in [-0.15, -0.1) is 11.3 Å². The number of thiazole rings is 1. The number of rotatable bonds is 5. The van der Waals surface area contributed by atoms with Gasteiger partial charge in [0.15, 0.2) is 0 Å². The first kappa shape index (κ1) is 11.3. The zero-order valence-electron chi connectivity index (χ0n) is 9.50. The highest BCUT2D eigenvalue weighted by molar-refractivity contribution is 7.09. The summed E-state index contributed by atoms with van der Waals surface area (Å²) in [4.78, 5) is 9.40. The van der Waals surface area contributed by atoms with Crippen LogP contribution in [0.3, 0.4) is 0 Å². The Morgan fingerprint density at radius 1 is 1.44 bits per heavy atom. The molecule has 0 spiro atoms. The van der Waals surface area contributed by atoms with Gasteiger partial charge >= 0.3 is 0 Å². The Kier molecular flexibility index (Phi) is 3.69. The molecule has 0 bridgehead atoms. The molecule has 0 aliphatic carbocycles. The van der Waals surface area contributed by atoms with Gasteiger partial charge in [-0.2, -0.15) is 0 Å². The Balaban J connectivity index is 1.85. The molecule has 86 valence electrons. The smallest absolute Gasteiger partial charge is 0.0946 e. The topological polar surface area (TPSA) is 42.7 Å². The van der Waals surface area contributed by atoms with Gasteiger partial charge in [0.2, 0.25) is 0 Å². The van der Waals surface area contributed by atoms with Gasteiger partial charge in [-0.1, -0.05) is 0 Å². The summed E-state index contributed by atoms with van der Waals surface area (Å²) in [6.45, 7) is 5.28. The molecule has 0 aliphatic heterocycles. The molecule has 0 saturated heterocycles. The van der Waals surface area contributed by atoms with E-state index in [9.17, 15) is 0 Å². The highest BCUT2D eigenvalue weighted by atomic mass is 32.1. The maximum Gasteiger partial charge on any atom is 0.0946 e. The molecular formula is C11H16N4S. The lowest BCUT2D eigenvalue weighted by molar-refractivity contribution is 0.433. The fourth-order valence-corrected chi connectivity index (χ4v) is 2.35. The fourth-order valence-electron chi connectivity index (χ4n) is 1.71. The number of hydrogen-bond donors (Lipinski definition) is 1. The molecule has 4 nitrogen and oxygen atoms in total. The van der Waals surface area contributed by atoms with Crippen molar-refractivity contribution in [2.24, 2.45) is 0 Å². The minimum absolute atomic E-state index is 0.353. The van der Waals surface area contributed by atoms with Crippen LogP contribution in [0.25, 0.3) is 0 Å². The van der Waals surface area contributed by atoms with E-state index in [2.05, 4.69) is 33.7 Å². The van der Waals surface area contributed by atoms with Crippen molar-refractivity contribution < 1.29 is 0 Å². The van der Waals surface area contributed by atoms with Crippen LogP contribution >= 0.6 is 11.3 Å². The van der Waals surface area contributed by atoms with E-state index in [-0.39, 0.29) is 0 Å². The number of imidazole rings is 1. The van der Waals surface area contributed by atoms with Crippen LogP contribution in [0.1, 0.15) is 24.8 Å². The maximum absolute atomic E-state index is 4.09. The second-order valence-electron chi connectivity index (χ2n) is 3.95. The highest BCUT2D eigenvalue weighted by Crippen LogP contribution is 2.16. The van der Waals surface area contributed by atoms with E-state index in [1.807, 2.05) is 24.2 Å². The van der Waals surface area contributed by atoms with Crippen LogP contribution in [0, 0.1) is 0 Å². The summed E-state index contributed by atoms with van der Waals surface area (Å²) in [6.07, 6.45) is 7.55. The third kappa shape index (κ3) is 2.90. The second-order valence-corrected chi connectivity index (χ2v) is 4.87. The van der Waals surface area contributed by atoms with Gasteiger partial charge in [-0.25, -0.2) is 4.98 Å². The Morgan fingerprint density at radius 3 is 2.94 bits per heavy atom. The van der Waals surface area contributed by atoms with Crippen molar-refractivity contribution >= 4 is 11.3 Å². The van der Waals surface area contributed by atoms with Crippen molar-refractivity contribution in [1.82, 2.24) is 19.9 Å². The molecule has 2 heterocycles. The molecule has 0 aromatic carbocycles. The third-order valence-corrected chi connectivity index (χ3v) is 3.41. The van der Waals surface area contributed by atoms with Crippen LogP contribution in [-0.2, 0) is 6.54 Å². The van der Waals surface area contributed by atoms with Crippen LogP contribution in [0.4, 0.5) is 0 Å². The molecule has 1 N–H and O–H groups in total. The van der Waals surface area contributed by atoms with Gasteiger partial charge < -0.3 is 9.88 Å². The first-order valence-electron chi connectivity index (χ1n) is 5.36. The molecule has 2 aromatic rings. The normalized spacial score (nSPS) is 14.9. The third-order valence-electron chi connectivity index (χ3n) is 2.46. The van der Waals surface area contributed by atoms with Crippen molar-refractivity contribution in [3.05, 3.63) is 35.3 Å². The largest absolute Gasteiger partial charge is 0.336 e. The minimum Gasteiger partial charge on any atom is -0.336 e. The zero-order valence-corrected chi connectivity index (χ0v) is 10.3. The first-order chi connectivity index (χ1) is 7.75. The Bertz CT molecular complexity index is 396. The molecule has 2 unspecified atom stereocenters. The van der Waals surface area contributed by atoms with Crippen molar-refractivity contribution in [3.8, 4) is 0 Å². The van der Waals surface area contributed by atoms with E-state index < -0.39 is 0 Å². The van der Waals surface area contributed by atoms with Crippen molar-refractivity contribution in [2.45, 2.75) is 32.5 Å². The molecule has 2 aromatic heterocycles. The standard InChI is InChI=1S/C11H16N4S/c1-9(6-15-4-3-12-7-15)14-10(2)11-5-13-8-16-11/h3-5,7-10,14H,6H2,1-2H3. The fraction of sp³-hybridized carbons (Fsp3) is 0.455. The number of nitrogens with zero attached hydrogens (tertiary/aromatic N) is 3. The predicted molar refractivity (Wildman–Crippen MR) is 65.4 cm³/mol. The molecular weight excluding hydrogens is 220 g/mol. The van der Waals surface area contributed by atoms with Gasteiger partial charge in [-0.3, -0.25) is 4.98 Å². The van der Waals surface area contributed by atoms with Gasteiger partial charge in [0.1, 0.15) is 0 Å². The average molecular weight is 236 g/mol. The van der Waals surface area contributed by atoms with Gasteiger partial charge in [0.25, 0.3) is 0 Å². The van der Waals surface area contributed by atoms with E-state index in [1.165, 1.54) is 4.88 Å². The average Bonchev–Trinajstić information content (AvgIpc) is 2.88. The maximum atomic E-state index is 4.09. The minimum atomic E-state index is 0.353. The summed E-state index contributed by atoms with van der Waals surface area (Å²) in [5.74, 6) is 0. The molecule has 0 amide bonds. The van der Waals surface area contributed by atoms with E-state index in [0.29, 0.717) is 12.1 Å². The van der Waals surface area contributed by atoms with Crippen LogP contribution in [-0.4, -0.2) is 20.6 Å². The van der Waals surface area contributed by atoms with Gasteiger partial charge in [0, 0.05) is 42.1 Å². The molecule has 16 heavy (non-hydrogen) atoms. The lowest BCUT2D eigenvalue weighted by atomic mass is 10.2. The predicted octanol–water partition coefficient (Wildman–Crippen LogP) is 2.08. The molecule has 0 saturated carbocycles. The summed E-state index contributed by atoms with van der Waals surface area (Å²) in [6, 6.07) is 0.761. The molecule has 2 rings (SSSR count). The Labute approximate surface area is 99.4 Å². The summed E-state index contributed by atoms with van der Waals surface area (Å²) >= 11 is 1.69. The van der Waals surface area contributed by atoms with Gasteiger partial charge in [0.05, 0.1) is 11.8 Å². The second kappa shape index (κ2) is 5.23. The van der Waals surface area contributed by atoms with Crippen LogP contribution in [0.15, 0.2) is 30.4 Å². The number of nitrogens with one attached hydrogen (secondary N) is 1.